The predicted molar refractivity (Wildman–Crippen MR) is 180 cm³/mol. The number of ether oxygens (including phenoxy) is 3. The molecule has 2 heterocycles. The van der Waals surface area contributed by atoms with Crippen LogP contribution in [0.2, 0.25) is 0 Å². The van der Waals surface area contributed by atoms with Crippen molar-refractivity contribution in [3.05, 3.63) is 118 Å². The zero-order valence-corrected chi connectivity index (χ0v) is 27.1. The lowest BCUT2D eigenvalue weighted by Crippen LogP contribution is -2.49. The van der Waals surface area contributed by atoms with Gasteiger partial charge in [-0.15, -0.1) is 0 Å². The van der Waals surface area contributed by atoms with Crippen LogP contribution in [0.15, 0.2) is 90.5 Å². The van der Waals surface area contributed by atoms with Crippen molar-refractivity contribution in [1.82, 2.24) is 10.2 Å². The summed E-state index contributed by atoms with van der Waals surface area (Å²) in [6, 6.07) is 21.7. The first-order valence-electron chi connectivity index (χ1n) is 16.9. The molecule has 254 valence electrons. The Morgan fingerprint density at radius 2 is 1.71 bits per heavy atom. The summed E-state index contributed by atoms with van der Waals surface area (Å²) in [7, 11) is 0. The normalized spacial score (nSPS) is 23.7. The number of aromatic hydroxyl groups is 1. The molecular formula is C39H40N2O8. The monoisotopic (exact) mass is 664 g/mol. The molecule has 0 saturated carbocycles. The summed E-state index contributed by atoms with van der Waals surface area (Å²) in [6.45, 7) is 0.345. The molecule has 1 spiro atoms. The van der Waals surface area contributed by atoms with Gasteiger partial charge in [0.25, 0.3) is 0 Å². The molecule has 7 rings (SSSR count). The number of hydrogen-bond acceptors (Lipinski definition) is 8. The topological polar surface area (TPSA) is 135 Å². The van der Waals surface area contributed by atoms with Gasteiger partial charge in [-0.1, -0.05) is 72.8 Å². The lowest BCUT2D eigenvalue weighted by atomic mass is 9.91. The van der Waals surface area contributed by atoms with E-state index in [1.165, 1.54) is 0 Å². The van der Waals surface area contributed by atoms with Crippen LogP contribution in [0.3, 0.4) is 0 Å². The summed E-state index contributed by atoms with van der Waals surface area (Å²) in [6.07, 6.45) is 6.25. The fourth-order valence-corrected chi connectivity index (χ4v) is 7.44. The summed E-state index contributed by atoms with van der Waals surface area (Å²) in [5, 5.41) is 22.0. The number of allylic oxidation sites excluding steroid dienone is 1. The van der Waals surface area contributed by atoms with E-state index in [0.717, 1.165) is 16.7 Å². The zero-order chi connectivity index (χ0) is 34.0. The quantitative estimate of drug-likeness (QED) is 0.294. The minimum atomic E-state index is -0.942. The van der Waals surface area contributed by atoms with E-state index in [4.69, 9.17) is 14.2 Å². The Morgan fingerprint density at radius 3 is 2.49 bits per heavy atom. The summed E-state index contributed by atoms with van der Waals surface area (Å²) in [5.41, 5.74) is 4.46. The summed E-state index contributed by atoms with van der Waals surface area (Å²) < 4.78 is 19.5. The number of para-hydroxylation sites is 1. The van der Waals surface area contributed by atoms with Crippen LogP contribution in [-0.4, -0.2) is 82.7 Å². The number of rotatable bonds is 9. The summed E-state index contributed by atoms with van der Waals surface area (Å²) in [5.74, 6) is -1.89. The standard InChI is InChI=1S/C39H40N2O8/c42-20-18-40-36(44)31-16-8-19-41(31)37(45)29-21-33(35-34(22-29)48-39(49-35)23-27-11-1-2-12-28(27)24-39)47-38(46)30-15-5-3-9-25(30)13-7-14-26-10-4-6-17-32(26)43/h1-7,9-13,15,17,22,31,33-35,42-43H,8,14,16,18-21,23-24H2,(H,40,44)/t31-,33-,34-,35+/m1/s1. The van der Waals surface area contributed by atoms with Crippen LogP contribution in [0.4, 0.5) is 0 Å². The van der Waals surface area contributed by atoms with Crippen molar-refractivity contribution in [2.45, 2.75) is 68.7 Å². The van der Waals surface area contributed by atoms with Crippen molar-refractivity contribution in [3.63, 3.8) is 0 Å². The molecule has 3 aromatic carbocycles. The third kappa shape index (κ3) is 6.76. The Morgan fingerprint density at radius 1 is 0.980 bits per heavy atom. The minimum Gasteiger partial charge on any atom is -0.508 e. The number of esters is 1. The second-order valence-corrected chi connectivity index (χ2v) is 13.0. The van der Waals surface area contributed by atoms with E-state index in [1.807, 2.05) is 48.6 Å². The smallest absolute Gasteiger partial charge is 0.339 e. The van der Waals surface area contributed by atoms with Crippen molar-refractivity contribution in [1.29, 1.82) is 0 Å². The fraction of sp³-hybridized carbons (Fsp3) is 0.359. The van der Waals surface area contributed by atoms with Gasteiger partial charge < -0.3 is 34.6 Å². The average Bonchev–Trinajstić information content (AvgIpc) is 3.84. The molecule has 0 radical (unpaired) electrons. The van der Waals surface area contributed by atoms with Crippen molar-refractivity contribution < 1.29 is 38.8 Å². The van der Waals surface area contributed by atoms with Crippen molar-refractivity contribution in [2.24, 2.45) is 0 Å². The number of aliphatic hydroxyl groups is 1. The van der Waals surface area contributed by atoms with Gasteiger partial charge >= 0.3 is 5.97 Å². The van der Waals surface area contributed by atoms with Crippen LogP contribution >= 0.6 is 0 Å². The zero-order valence-electron chi connectivity index (χ0n) is 27.1. The highest BCUT2D eigenvalue weighted by Gasteiger charge is 2.55. The fourth-order valence-electron chi connectivity index (χ4n) is 7.44. The molecule has 4 aliphatic rings. The SMILES string of the molecule is O=C(O[C@@H]1CC(C(=O)N2CCC[C@@H]2C(=O)NCCO)=C[C@H]2OC3(Cc4ccccc4C3)O[C@H]21)c1ccccc1C=CCc1ccccc1O. The number of phenolic OH excluding ortho intramolecular Hbond substituents is 1. The van der Waals surface area contributed by atoms with Gasteiger partial charge in [0.1, 0.15) is 30.1 Å². The molecule has 2 fully saturated rings. The molecule has 10 heteroatoms. The van der Waals surface area contributed by atoms with Crippen LogP contribution in [-0.2, 0) is 43.1 Å². The molecule has 2 aliphatic carbocycles. The Labute approximate surface area is 285 Å². The molecule has 3 N–H and O–H groups in total. The number of nitrogens with zero attached hydrogens (tertiary/aromatic N) is 1. The number of phenols is 1. The van der Waals surface area contributed by atoms with E-state index >= 15 is 0 Å². The summed E-state index contributed by atoms with van der Waals surface area (Å²) >= 11 is 0. The first kappa shape index (κ1) is 32.8. The second-order valence-electron chi connectivity index (χ2n) is 13.0. The number of nitrogens with one attached hydrogen (secondary N) is 1. The number of hydrogen-bond donors (Lipinski definition) is 3. The number of fused-ring (bicyclic) bond motifs is 2. The number of aliphatic hydroxyl groups excluding tert-OH is 1. The van der Waals surface area contributed by atoms with Gasteiger partial charge in [0.15, 0.2) is 5.79 Å². The molecule has 0 unspecified atom stereocenters. The van der Waals surface area contributed by atoms with Gasteiger partial charge in [-0.25, -0.2) is 4.79 Å². The Balaban J connectivity index is 1.13. The van der Waals surface area contributed by atoms with Gasteiger partial charge in [0, 0.05) is 37.9 Å². The highest BCUT2D eigenvalue weighted by atomic mass is 16.8. The maximum atomic E-state index is 14.0. The third-order valence-corrected chi connectivity index (χ3v) is 9.78. The average molecular weight is 665 g/mol. The van der Waals surface area contributed by atoms with Gasteiger partial charge in [-0.05, 0) is 59.7 Å². The van der Waals surface area contributed by atoms with E-state index in [1.54, 1.807) is 35.2 Å². The molecule has 3 aromatic rings. The first-order chi connectivity index (χ1) is 23.8. The summed E-state index contributed by atoms with van der Waals surface area (Å²) in [4.78, 5) is 42.4. The number of carbonyl (C=O) groups is 3. The minimum absolute atomic E-state index is 0.102. The molecule has 2 amide bonds. The second kappa shape index (κ2) is 14.0. The van der Waals surface area contributed by atoms with Crippen LogP contribution in [0.25, 0.3) is 6.08 Å². The largest absolute Gasteiger partial charge is 0.508 e. The van der Waals surface area contributed by atoms with Crippen LogP contribution in [0.5, 0.6) is 5.75 Å². The van der Waals surface area contributed by atoms with E-state index < -0.39 is 36.1 Å². The molecular weight excluding hydrogens is 624 g/mol. The lowest BCUT2D eigenvalue weighted by molar-refractivity contribution is -0.172. The number of carbonyl (C=O) groups excluding carboxylic acids is 3. The maximum absolute atomic E-state index is 14.0. The van der Waals surface area contributed by atoms with E-state index in [-0.39, 0.29) is 37.1 Å². The highest BCUT2D eigenvalue weighted by Crippen LogP contribution is 2.45. The third-order valence-electron chi connectivity index (χ3n) is 9.78. The van der Waals surface area contributed by atoms with Crippen molar-refractivity contribution in [2.75, 3.05) is 19.7 Å². The Bertz CT molecular complexity index is 1780. The van der Waals surface area contributed by atoms with Crippen molar-refractivity contribution in [3.8, 4) is 5.75 Å². The molecule has 4 atom stereocenters. The van der Waals surface area contributed by atoms with Gasteiger partial charge in [0.05, 0.1) is 12.2 Å². The molecule has 2 saturated heterocycles. The molecule has 10 nitrogen and oxygen atoms in total. The van der Waals surface area contributed by atoms with Crippen LogP contribution < -0.4 is 5.32 Å². The number of amides is 2. The first-order valence-corrected chi connectivity index (χ1v) is 16.9. The molecule has 0 bridgehead atoms. The lowest BCUT2D eigenvalue weighted by Gasteiger charge is -2.32. The molecule has 2 aliphatic heterocycles. The van der Waals surface area contributed by atoms with Gasteiger partial charge in [0.2, 0.25) is 11.8 Å². The molecule has 49 heavy (non-hydrogen) atoms. The van der Waals surface area contributed by atoms with E-state index in [0.29, 0.717) is 55.3 Å². The predicted octanol–water partition coefficient (Wildman–Crippen LogP) is 3.88. The number of benzene rings is 3. The van der Waals surface area contributed by atoms with E-state index in [9.17, 15) is 24.6 Å². The van der Waals surface area contributed by atoms with Crippen LogP contribution in [0, 0.1) is 0 Å². The van der Waals surface area contributed by atoms with E-state index in [2.05, 4.69) is 17.4 Å². The molecule has 0 aromatic heterocycles. The maximum Gasteiger partial charge on any atom is 0.339 e. The Hall–Kier alpha value is -4.77. The number of likely N-dealkylation sites (tertiary alicyclic amines) is 1. The van der Waals surface area contributed by atoms with Gasteiger partial charge in [-0.3, -0.25) is 9.59 Å². The van der Waals surface area contributed by atoms with Crippen LogP contribution in [0.1, 0.15) is 51.9 Å². The highest BCUT2D eigenvalue weighted by molar-refractivity contribution is 5.98. The Kier molecular flexibility index (Phi) is 9.35. The van der Waals surface area contributed by atoms with Crippen molar-refractivity contribution >= 4 is 23.9 Å². The van der Waals surface area contributed by atoms with Gasteiger partial charge in [-0.2, -0.15) is 0 Å².